The Morgan fingerprint density at radius 2 is 1.38 bits per heavy atom. The average Bonchev–Trinajstić information content (AvgIpc) is 3.58. The number of rotatable bonds is 7. The predicted molar refractivity (Wildman–Crippen MR) is 247 cm³/mol. The molecule has 13 nitrogen and oxygen atoms in total. The first-order valence-corrected chi connectivity index (χ1v) is 23.5. The van der Waals surface area contributed by atoms with E-state index in [9.17, 15) is 14.0 Å². The van der Waals surface area contributed by atoms with Crippen molar-refractivity contribution in [1.29, 1.82) is 0 Å². The van der Waals surface area contributed by atoms with Gasteiger partial charge in [-0.3, -0.25) is 14.4 Å². The fourth-order valence-electron chi connectivity index (χ4n) is 10.7. The normalized spacial score (nSPS) is 26.2. The van der Waals surface area contributed by atoms with Gasteiger partial charge in [0.15, 0.2) is 5.82 Å². The first-order valence-electron chi connectivity index (χ1n) is 23.5. The van der Waals surface area contributed by atoms with Crippen LogP contribution in [-0.2, 0) is 37.0 Å². The van der Waals surface area contributed by atoms with Crippen LogP contribution in [0, 0.1) is 11.8 Å². The highest BCUT2D eigenvalue weighted by molar-refractivity contribution is 6.01. The molecule has 0 radical (unpaired) electrons. The summed E-state index contributed by atoms with van der Waals surface area (Å²) in [5.41, 5.74) is 7.13. The lowest BCUT2D eigenvalue weighted by Gasteiger charge is -2.39. The minimum absolute atomic E-state index is 0.0934. The van der Waals surface area contributed by atoms with Crippen molar-refractivity contribution in [3.05, 3.63) is 84.2 Å². The molecule has 2 amide bonds. The maximum atomic E-state index is 14.9. The third-order valence-corrected chi connectivity index (χ3v) is 14.5. The molecule has 2 saturated heterocycles. The van der Waals surface area contributed by atoms with Gasteiger partial charge in [0.1, 0.15) is 12.0 Å². The van der Waals surface area contributed by atoms with E-state index in [1.165, 1.54) is 0 Å². The van der Waals surface area contributed by atoms with Crippen LogP contribution in [0.5, 0.6) is 0 Å². The minimum Gasteiger partial charge on any atom is -0.381 e. The number of anilines is 8. The van der Waals surface area contributed by atoms with Crippen molar-refractivity contribution < 1.29 is 28.3 Å². The number of carbonyl (C=O) groups is 2. The Hall–Kier alpha value is -5.31. The third kappa shape index (κ3) is 8.52. The highest BCUT2D eigenvalue weighted by Gasteiger charge is 2.39. The van der Waals surface area contributed by atoms with Crippen molar-refractivity contribution in [2.75, 3.05) is 63.3 Å². The molecule has 1 N–H and O–H groups in total. The van der Waals surface area contributed by atoms with E-state index in [2.05, 4.69) is 64.3 Å². The van der Waals surface area contributed by atoms with Crippen LogP contribution >= 0.6 is 0 Å². The molecule has 64 heavy (non-hydrogen) atoms. The summed E-state index contributed by atoms with van der Waals surface area (Å²) in [7, 11) is 1.75. The third-order valence-electron chi connectivity index (χ3n) is 14.5. The van der Waals surface area contributed by atoms with Crippen molar-refractivity contribution in [2.45, 2.75) is 122 Å². The number of hydrogen-bond acceptors (Lipinski definition) is 11. The lowest BCUT2D eigenvalue weighted by atomic mass is 9.86. The zero-order chi connectivity index (χ0) is 43.9. The van der Waals surface area contributed by atoms with Crippen LogP contribution in [0.15, 0.2) is 73.1 Å². The van der Waals surface area contributed by atoms with Crippen LogP contribution in [0.4, 0.5) is 50.2 Å². The zero-order valence-electron chi connectivity index (χ0n) is 37.3. The molecule has 2 atom stereocenters. The Morgan fingerprint density at radius 3 is 2.11 bits per heavy atom. The van der Waals surface area contributed by atoms with Gasteiger partial charge in [0.25, 0.3) is 0 Å². The van der Waals surface area contributed by atoms with E-state index >= 15 is 0 Å². The topological polar surface area (TPSA) is 116 Å². The van der Waals surface area contributed by atoms with Crippen molar-refractivity contribution >= 4 is 57.6 Å². The molecular formula is C50H61FN8O5. The van der Waals surface area contributed by atoms with Gasteiger partial charge in [-0.25, -0.2) is 19.4 Å². The predicted octanol–water partition coefficient (Wildman–Crippen LogP) is 9.00. The second-order valence-corrected chi connectivity index (χ2v) is 18.7. The molecule has 4 aromatic rings. The quantitative estimate of drug-likeness (QED) is 0.192. The molecule has 4 aliphatic heterocycles. The molecule has 0 unspecified atom stereocenters. The number of hydrogen-bond donors (Lipinski definition) is 1. The summed E-state index contributed by atoms with van der Waals surface area (Å²) in [6.45, 7) is 7.72. The number of pyridine rings is 2. The molecule has 2 saturated carbocycles. The zero-order valence-corrected chi connectivity index (χ0v) is 37.3. The summed E-state index contributed by atoms with van der Waals surface area (Å²) >= 11 is 0. The molecule has 2 aromatic carbocycles. The second-order valence-electron chi connectivity index (χ2n) is 18.7. The number of morpholine rings is 1. The first-order chi connectivity index (χ1) is 31.2. The van der Waals surface area contributed by atoms with Gasteiger partial charge in [-0.05, 0) is 127 Å². The van der Waals surface area contributed by atoms with E-state index in [-0.39, 0.29) is 48.0 Å². The number of ether oxygens (including phenoxy) is 2. The summed E-state index contributed by atoms with van der Waals surface area (Å²) in [4.78, 5) is 54.7. The van der Waals surface area contributed by atoms with Gasteiger partial charge in [-0.15, -0.1) is 0 Å². The van der Waals surface area contributed by atoms with Gasteiger partial charge in [0, 0.05) is 79.5 Å². The fourth-order valence-corrected chi connectivity index (χ4v) is 10.7. The van der Waals surface area contributed by atoms with Crippen molar-refractivity contribution in [3.63, 3.8) is 0 Å². The van der Waals surface area contributed by atoms with Gasteiger partial charge < -0.3 is 34.4 Å². The Balaban J connectivity index is 0.916. The van der Waals surface area contributed by atoms with Crippen LogP contribution in [-0.4, -0.2) is 85.7 Å². The number of halogens is 1. The lowest BCUT2D eigenvalue weighted by molar-refractivity contribution is -0.125. The Kier molecular flexibility index (Phi) is 12.2. The van der Waals surface area contributed by atoms with Gasteiger partial charge >= 0.3 is 0 Å². The number of benzene rings is 2. The Bertz CT molecular complexity index is 2330. The summed E-state index contributed by atoms with van der Waals surface area (Å²) in [5.74, 6) is 1.29. The number of methoxy groups -OCH3 is 1. The molecule has 6 heterocycles. The van der Waals surface area contributed by atoms with Crippen LogP contribution in [0.2, 0.25) is 0 Å². The van der Waals surface area contributed by atoms with Gasteiger partial charge in [-0.1, -0.05) is 12.1 Å². The molecule has 6 aliphatic rings. The molecule has 10 rings (SSSR count). The molecule has 338 valence electrons. The van der Waals surface area contributed by atoms with Crippen LogP contribution in [0.3, 0.4) is 0 Å². The molecule has 0 bridgehead atoms. The maximum absolute atomic E-state index is 14.9. The summed E-state index contributed by atoms with van der Waals surface area (Å²) in [6.07, 6.45) is 9.74. The number of fused-ring (bicyclic) bond motifs is 4. The van der Waals surface area contributed by atoms with E-state index < -0.39 is 6.17 Å². The van der Waals surface area contributed by atoms with Crippen LogP contribution in [0.25, 0.3) is 0 Å². The standard InChI is InChI=1S/C50H61FN8O5/c1-32-31-63-33(2)28-56(32)40-12-18-43-45(27-40)57(29-36-6-4-22-52-47(36)54-43)49(60)35-10-16-42(17-11-35)64-59-44-19-13-39(55-24-20-38(51)21-25-55)26-46(44)58(30-37-7-5-23-53-48(37)59)50(61)34-8-14-41(62-3)15-9-34/h4-7,12-13,18-19,22-23,26-27,32-35,38,41-42H,8-11,14-17,20-21,24-25,28-31H2,1-3H3,(H,52,54)/t32-,33+,34-,35-,41-,42-/m1/s1. The Labute approximate surface area is 375 Å². The van der Waals surface area contributed by atoms with Gasteiger partial charge in [-0.2, -0.15) is 0 Å². The first kappa shape index (κ1) is 42.6. The number of alkyl halides is 1. The second kappa shape index (κ2) is 18.3. The van der Waals surface area contributed by atoms with Crippen molar-refractivity contribution in [1.82, 2.24) is 9.97 Å². The highest BCUT2D eigenvalue weighted by atomic mass is 19.1. The fraction of sp³-hybridized carbons (Fsp3) is 0.520. The van der Waals surface area contributed by atoms with Crippen LogP contribution in [0.1, 0.15) is 89.2 Å². The number of amides is 2. The van der Waals surface area contributed by atoms with E-state index in [1.54, 1.807) is 19.5 Å². The maximum Gasteiger partial charge on any atom is 0.230 e. The number of nitrogens with zero attached hydrogens (tertiary/aromatic N) is 7. The number of piperidine rings is 1. The number of aromatic nitrogens is 2. The van der Waals surface area contributed by atoms with Gasteiger partial charge in [0.2, 0.25) is 11.8 Å². The smallest absolute Gasteiger partial charge is 0.230 e. The Morgan fingerprint density at radius 1 is 0.734 bits per heavy atom. The van der Waals surface area contributed by atoms with Crippen molar-refractivity contribution in [3.8, 4) is 0 Å². The van der Waals surface area contributed by atoms with E-state index in [4.69, 9.17) is 19.3 Å². The summed E-state index contributed by atoms with van der Waals surface area (Å²) < 4.78 is 25.9. The molecule has 2 aromatic heterocycles. The van der Waals surface area contributed by atoms with Gasteiger partial charge in [0.05, 0.1) is 60.8 Å². The summed E-state index contributed by atoms with van der Waals surface area (Å²) in [5, 5.41) is 5.39. The molecule has 2 aliphatic carbocycles. The number of carbonyl (C=O) groups excluding carboxylic acids is 2. The summed E-state index contributed by atoms with van der Waals surface area (Å²) in [6, 6.07) is 20.7. The van der Waals surface area contributed by atoms with Crippen LogP contribution < -0.4 is 30.0 Å². The largest absolute Gasteiger partial charge is 0.381 e. The van der Waals surface area contributed by atoms with E-state index in [1.807, 2.05) is 45.2 Å². The number of nitrogens with one attached hydrogen (secondary N) is 1. The highest BCUT2D eigenvalue weighted by Crippen LogP contribution is 2.46. The average molecular weight is 873 g/mol. The van der Waals surface area contributed by atoms with Crippen molar-refractivity contribution in [2.24, 2.45) is 11.8 Å². The molecular weight excluding hydrogens is 812 g/mol. The molecule has 14 heteroatoms. The lowest BCUT2D eigenvalue weighted by Crippen LogP contribution is -2.47. The monoisotopic (exact) mass is 872 g/mol. The SMILES string of the molecule is CO[C@H]1CC[C@H](C(=O)N2Cc3cccnc3N(O[C@H]3CC[C@H](C(=O)N4Cc5cccnc5Nc5ccc(N6C[C@H](C)OC[C@H]6C)cc54)CC3)c3ccc(N4CCC(F)CC4)cc32)CC1. The van der Waals surface area contributed by atoms with E-state index in [0.29, 0.717) is 77.1 Å². The van der Waals surface area contributed by atoms with E-state index in [0.717, 1.165) is 83.3 Å². The molecule has 0 spiro atoms. The molecule has 4 fully saturated rings. The minimum atomic E-state index is -0.792.